The van der Waals surface area contributed by atoms with Gasteiger partial charge < -0.3 is 5.73 Å². The maximum atomic E-state index is 6.31. The van der Waals surface area contributed by atoms with E-state index in [4.69, 9.17) is 5.73 Å². The van der Waals surface area contributed by atoms with E-state index in [2.05, 4.69) is 35.3 Å². The standard InChI is InChI=1S/C15H16N2/c16-15(8-4-9-15)14-11-13(7-10-17-14)12-5-2-1-3-6-12/h1-3,5-7,10-11H,4,8-9,16H2. The van der Waals surface area contributed by atoms with E-state index in [9.17, 15) is 0 Å². The molecule has 0 atom stereocenters. The molecule has 0 radical (unpaired) electrons. The maximum absolute atomic E-state index is 6.31. The molecule has 1 aromatic heterocycles. The predicted molar refractivity (Wildman–Crippen MR) is 69.4 cm³/mol. The van der Waals surface area contributed by atoms with Gasteiger partial charge >= 0.3 is 0 Å². The van der Waals surface area contributed by atoms with Crippen LogP contribution in [0.15, 0.2) is 48.7 Å². The van der Waals surface area contributed by atoms with Crippen LogP contribution in [0.5, 0.6) is 0 Å². The van der Waals surface area contributed by atoms with E-state index in [1.807, 2.05) is 18.3 Å². The number of benzene rings is 1. The van der Waals surface area contributed by atoms with Crippen molar-refractivity contribution in [1.29, 1.82) is 0 Å². The van der Waals surface area contributed by atoms with Gasteiger partial charge in [-0.25, -0.2) is 0 Å². The van der Waals surface area contributed by atoms with E-state index in [1.54, 1.807) is 0 Å². The molecule has 2 nitrogen and oxygen atoms in total. The molecule has 1 aromatic carbocycles. The lowest BCUT2D eigenvalue weighted by atomic mass is 9.75. The molecular weight excluding hydrogens is 208 g/mol. The monoisotopic (exact) mass is 224 g/mol. The molecular formula is C15H16N2. The summed E-state index contributed by atoms with van der Waals surface area (Å²) >= 11 is 0. The third-order valence-corrected chi connectivity index (χ3v) is 3.62. The summed E-state index contributed by atoms with van der Waals surface area (Å²) in [6.45, 7) is 0. The molecule has 17 heavy (non-hydrogen) atoms. The van der Waals surface area contributed by atoms with Gasteiger partial charge in [-0.3, -0.25) is 4.98 Å². The zero-order valence-electron chi connectivity index (χ0n) is 9.76. The third kappa shape index (κ3) is 1.85. The van der Waals surface area contributed by atoms with Crippen molar-refractivity contribution in [2.75, 3.05) is 0 Å². The van der Waals surface area contributed by atoms with Crippen LogP contribution in [0.4, 0.5) is 0 Å². The Labute approximate surface area is 102 Å². The Hall–Kier alpha value is -1.67. The minimum atomic E-state index is -0.176. The molecule has 0 aliphatic heterocycles. The largest absolute Gasteiger partial charge is 0.320 e. The van der Waals surface area contributed by atoms with Crippen LogP contribution in [0.3, 0.4) is 0 Å². The fourth-order valence-corrected chi connectivity index (χ4v) is 2.33. The maximum Gasteiger partial charge on any atom is 0.0608 e. The third-order valence-electron chi connectivity index (χ3n) is 3.62. The van der Waals surface area contributed by atoms with Crippen molar-refractivity contribution in [1.82, 2.24) is 4.98 Å². The lowest BCUT2D eigenvalue weighted by Gasteiger charge is -2.37. The second-order valence-electron chi connectivity index (χ2n) is 4.81. The van der Waals surface area contributed by atoms with E-state index >= 15 is 0 Å². The molecule has 1 saturated carbocycles. The summed E-state index contributed by atoms with van der Waals surface area (Å²) in [6.07, 6.45) is 5.19. The summed E-state index contributed by atoms with van der Waals surface area (Å²) in [5.74, 6) is 0. The molecule has 0 saturated heterocycles. The molecule has 3 rings (SSSR count). The number of nitrogens with zero attached hydrogens (tertiary/aromatic N) is 1. The van der Waals surface area contributed by atoms with Gasteiger partial charge in [0, 0.05) is 6.20 Å². The van der Waals surface area contributed by atoms with Crippen molar-refractivity contribution in [3.05, 3.63) is 54.4 Å². The van der Waals surface area contributed by atoms with Gasteiger partial charge in [-0.05, 0) is 42.5 Å². The van der Waals surface area contributed by atoms with Crippen LogP contribution in [0.25, 0.3) is 11.1 Å². The molecule has 1 aliphatic carbocycles. The minimum absolute atomic E-state index is 0.176. The molecule has 1 heterocycles. The highest BCUT2D eigenvalue weighted by Gasteiger charge is 2.35. The topological polar surface area (TPSA) is 38.9 Å². The molecule has 86 valence electrons. The Kier molecular flexibility index (Phi) is 2.45. The lowest BCUT2D eigenvalue weighted by Crippen LogP contribution is -2.44. The molecule has 2 heteroatoms. The summed E-state index contributed by atoms with van der Waals surface area (Å²) < 4.78 is 0. The molecule has 2 aromatic rings. The van der Waals surface area contributed by atoms with Gasteiger partial charge in [-0.1, -0.05) is 30.3 Å². The number of rotatable bonds is 2. The molecule has 0 unspecified atom stereocenters. The quantitative estimate of drug-likeness (QED) is 0.851. The summed E-state index contributed by atoms with van der Waals surface area (Å²) in [6, 6.07) is 14.5. The number of pyridine rings is 1. The van der Waals surface area contributed by atoms with Crippen molar-refractivity contribution in [3.8, 4) is 11.1 Å². The first-order chi connectivity index (χ1) is 8.28. The van der Waals surface area contributed by atoms with Crippen molar-refractivity contribution in [2.24, 2.45) is 5.73 Å². The number of nitrogens with two attached hydrogens (primary N) is 1. The normalized spacial score (nSPS) is 17.5. The van der Waals surface area contributed by atoms with Gasteiger partial charge in [-0.15, -0.1) is 0 Å². The summed E-state index contributed by atoms with van der Waals surface area (Å²) in [5, 5.41) is 0. The summed E-state index contributed by atoms with van der Waals surface area (Å²) in [7, 11) is 0. The SMILES string of the molecule is NC1(c2cc(-c3ccccc3)ccn2)CCC1. The fourth-order valence-electron chi connectivity index (χ4n) is 2.33. The van der Waals surface area contributed by atoms with Crippen molar-refractivity contribution in [3.63, 3.8) is 0 Å². The summed E-state index contributed by atoms with van der Waals surface area (Å²) in [5.41, 5.74) is 9.59. The lowest BCUT2D eigenvalue weighted by molar-refractivity contribution is 0.246. The first-order valence-electron chi connectivity index (χ1n) is 6.09. The van der Waals surface area contributed by atoms with Crippen LogP contribution in [0, 0.1) is 0 Å². The Morgan fingerprint density at radius 1 is 1.00 bits per heavy atom. The number of aromatic nitrogens is 1. The van der Waals surface area contributed by atoms with Crippen molar-refractivity contribution >= 4 is 0 Å². The fraction of sp³-hybridized carbons (Fsp3) is 0.267. The molecule has 1 aliphatic rings. The van der Waals surface area contributed by atoms with E-state index in [-0.39, 0.29) is 5.54 Å². The smallest absolute Gasteiger partial charge is 0.0608 e. The average Bonchev–Trinajstić information content (AvgIpc) is 2.37. The summed E-state index contributed by atoms with van der Waals surface area (Å²) in [4.78, 5) is 4.43. The van der Waals surface area contributed by atoms with Crippen molar-refractivity contribution < 1.29 is 0 Å². The van der Waals surface area contributed by atoms with Crippen LogP contribution in [0.2, 0.25) is 0 Å². The number of hydrogen-bond donors (Lipinski definition) is 1. The predicted octanol–water partition coefficient (Wildman–Crippen LogP) is 3.09. The highest BCUT2D eigenvalue weighted by atomic mass is 14.9. The second-order valence-corrected chi connectivity index (χ2v) is 4.81. The molecule has 0 spiro atoms. The Morgan fingerprint density at radius 3 is 2.41 bits per heavy atom. The zero-order chi connectivity index (χ0) is 11.7. The van der Waals surface area contributed by atoms with E-state index < -0.39 is 0 Å². The molecule has 0 amide bonds. The van der Waals surface area contributed by atoms with Gasteiger partial charge in [0.05, 0.1) is 11.2 Å². The van der Waals surface area contributed by atoms with Gasteiger partial charge in [0.15, 0.2) is 0 Å². The molecule has 2 N–H and O–H groups in total. The van der Waals surface area contributed by atoms with Crippen molar-refractivity contribution in [2.45, 2.75) is 24.8 Å². The van der Waals surface area contributed by atoms with Gasteiger partial charge in [0.2, 0.25) is 0 Å². The second kappa shape index (κ2) is 3.97. The highest BCUT2D eigenvalue weighted by Crippen LogP contribution is 2.38. The minimum Gasteiger partial charge on any atom is -0.320 e. The van der Waals surface area contributed by atoms with Gasteiger partial charge in [-0.2, -0.15) is 0 Å². The highest BCUT2D eigenvalue weighted by molar-refractivity contribution is 5.63. The molecule has 0 bridgehead atoms. The molecule has 1 fully saturated rings. The van der Waals surface area contributed by atoms with Crippen LogP contribution in [-0.2, 0) is 5.54 Å². The average molecular weight is 224 g/mol. The zero-order valence-corrected chi connectivity index (χ0v) is 9.76. The van der Waals surface area contributed by atoms with E-state index in [1.165, 1.54) is 17.5 Å². The van der Waals surface area contributed by atoms with Gasteiger partial charge in [0.1, 0.15) is 0 Å². The number of hydrogen-bond acceptors (Lipinski definition) is 2. The van der Waals surface area contributed by atoms with Crippen LogP contribution >= 0.6 is 0 Å². The van der Waals surface area contributed by atoms with Crippen LogP contribution in [-0.4, -0.2) is 4.98 Å². The van der Waals surface area contributed by atoms with E-state index in [0.29, 0.717) is 0 Å². The first kappa shape index (κ1) is 10.5. The first-order valence-corrected chi connectivity index (χ1v) is 6.09. The Bertz CT molecular complexity index is 515. The van der Waals surface area contributed by atoms with Gasteiger partial charge in [0.25, 0.3) is 0 Å². The van der Waals surface area contributed by atoms with Crippen LogP contribution in [0.1, 0.15) is 25.0 Å². The Balaban J connectivity index is 2.00. The van der Waals surface area contributed by atoms with Crippen LogP contribution < -0.4 is 5.73 Å². The Morgan fingerprint density at radius 2 is 1.76 bits per heavy atom. The van der Waals surface area contributed by atoms with E-state index in [0.717, 1.165) is 18.5 Å².